The lowest BCUT2D eigenvalue weighted by Gasteiger charge is -2.36. The summed E-state index contributed by atoms with van der Waals surface area (Å²) in [7, 11) is 3.28. The molecule has 24 heavy (non-hydrogen) atoms. The molecule has 1 aliphatic rings. The normalized spacial score (nSPS) is 18.6. The highest BCUT2D eigenvalue weighted by atomic mass is 16.5. The second-order valence-corrected chi connectivity index (χ2v) is 5.90. The Morgan fingerprint density at radius 1 is 1.33 bits per heavy atom. The Labute approximate surface area is 141 Å². The molecule has 0 radical (unpaired) electrons. The monoisotopic (exact) mass is 332 g/mol. The van der Waals surface area contributed by atoms with Crippen molar-refractivity contribution in [1.29, 1.82) is 0 Å². The van der Waals surface area contributed by atoms with Gasteiger partial charge < -0.3 is 14.2 Å². The SMILES string of the molecule is COc1ccnc(CN2CCOCC2c2c(C)n[nH]c2C)c1OC. The predicted molar refractivity (Wildman–Crippen MR) is 89.4 cm³/mol. The number of rotatable bonds is 5. The molecule has 0 saturated carbocycles. The summed E-state index contributed by atoms with van der Waals surface area (Å²) in [5, 5.41) is 7.39. The third kappa shape index (κ3) is 3.09. The van der Waals surface area contributed by atoms with Crippen LogP contribution in [0.5, 0.6) is 11.5 Å². The zero-order chi connectivity index (χ0) is 17.1. The van der Waals surface area contributed by atoms with Crippen LogP contribution in [0.1, 0.15) is 28.7 Å². The highest BCUT2D eigenvalue weighted by Crippen LogP contribution is 2.34. The molecule has 7 heteroatoms. The molecule has 1 saturated heterocycles. The fourth-order valence-corrected chi connectivity index (χ4v) is 3.30. The molecule has 2 aromatic rings. The molecule has 3 heterocycles. The summed E-state index contributed by atoms with van der Waals surface area (Å²) in [5.41, 5.74) is 4.16. The summed E-state index contributed by atoms with van der Waals surface area (Å²) in [5.74, 6) is 1.38. The Bertz CT molecular complexity index is 682. The maximum Gasteiger partial charge on any atom is 0.183 e. The van der Waals surface area contributed by atoms with E-state index in [0.29, 0.717) is 31.3 Å². The summed E-state index contributed by atoms with van der Waals surface area (Å²) in [6, 6.07) is 1.96. The van der Waals surface area contributed by atoms with Crippen LogP contribution in [-0.2, 0) is 11.3 Å². The van der Waals surface area contributed by atoms with E-state index in [0.717, 1.165) is 23.6 Å². The predicted octanol–water partition coefficient (Wildman–Crippen LogP) is 2.01. The fourth-order valence-electron chi connectivity index (χ4n) is 3.30. The van der Waals surface area contributed by atoms with Gasteiger partial charge in [-0.15, -0.1) is 0 Å². The van der Waals surface area contributed by atoms with Crippen molar-refractivity contribution in [3.63, 3.8) is 0 Å². The molecule has 1 atom stereocenters. The average molecular weight is 332 g/mol. The van der Waals surface area contributed by atoms with Gasteiger partial charge in [-0.2, -0.15) is 5.10 Å². The summed E-state index contributed by atoms with van der Waals surface area (Å²) < 4.78 is 16.6. The zero-order valence-corrected chi connectivity index (χ0v) is 14.6. The number of ether oxygens (including phenoxy) is 3. The zero-order valence-electron chi connectivity index (χ0n) is 14.6. The summed E-state index contributed by atoms with van der Waals surface area (Å²) in [4.78, 5) is 6.86. The van der Waals surface area contributed by atoms with Gasteiger partial charge in [0.15, 0.2) is 11.5 Å². The third-order valence-electron chi connectivity index (χ3n) is 4.48. The van der Waals surface area contributed by atoms with E-state index in [9.17, 15) is 0 Å². The van der Waals surface area contributed by atoms with E-state index in [-0.39, 0.29) is 6.04 Å². The van der Waals surface area contributed by atoms with E-state index in [1.807, 2.05) is 19.9 Å². The first-order valence-electron chi connectivity index (χ1n) is 8.04. The Hall–Kier alpha value is -2.12. The van der Waals surface area contributed by atoms with Crippen molar-refractivity contribution in [1.82, 2.24) is 20.1 Å². The van der Waals surface area contributed by atoms with Gasteiger partial charge in [0.1, 0.15) is 5.69 Å². The summed E-state index contributed by atoms with van der Waals surface area (Å²) >= 11 is 0. The molecule has 0 amide bonds. The first kappa shape index (κ1) is 16.7. The van der Waals surface area contributed by atoms with Crippen molar-refractivity contribution < 1.29 is 14.2 Å². The Morgan fingerprint density at radius 2 is 2.17 bits per heavy atom. The van der Waals surface area contributed by atoms with Crippen LogP contribution in [0.2, 0.25) is 0 Å². The minimum absolute atomic E-state index is 0.148. The van der Waals surface area contributed by atoms with Crippen molar-refractivity contribution in [2.24, 2.45) is 0 Å². The van der Waals surface area contributed by atoms with Crippen molar-refractivity contribution in [2.45, 2.75) is 26.4 Å². The first-order chi connectivity index (χ1) is 11.7. The van der Waals surface area contributed by atoms with Gasteiger partial charge in [-0.25, -0.2) is 0 Å². The van der Waals surface area contributed by atoms with Gasteiger partial charge in [-0.3, -0.25) is 15.0 Å². The lowest BCUT2D eigenvalue weighted by molar-refractivity contribution is -0.0140. The molecule has 0 bridgehead atoms. The van der Waals surface area contributed by atoms with E-state index in [4.69, 9.17) is 14.2 Å². The Kier molecular flexibility index (Phi) is 5.01. The summed E-state index contributed by atoms with van der Waals surface area (Å²) in [6.45, 7) is 6.92. The fraction of sp³-hybridized carbons (Fsp3) is 0.529. The highest BCUT2D eigenvalue weighted by Gasteiger charge is 2.29. The van der Waals surface area contributed by atoms with Crippen molar-refractivity contribution >= 4 is 0 Å². The number of methoxy groups -OCH3 is 2. The van der Waals surface area contributed by atoms with Crippen LogP contribution in [0.15, 0.2) is 12.3 Å². The molecule has 7 nitrogen and oxygen atoms in total. The molecular formula is C17H24N4O3. The number of aryl methyl sites for hydroxylation is 2. The number of H-pyrrole nitrogens is 1. The molecule has 130 valence electrons. The van der Waals surface area contributed by atoms with E-state index in [1.54, 1.807) is 20.4 Å². The number of nitrogens with zero attached hydrogens (tertiary/aromatic N) is 3. The first-order valence-corrected chi connectivity index (χ1v) is 8.04. The third-order valence-corrected chi connectivity index (χ3v) is 4.48. The molecule has 3 rings (SSSR count). The molecule has 1 N–H and O–H groups in total. The average Bonchev–Trinajstić information content (AvgIpc) is 2.93. The molecule has 2 aromatic heterocycles. The number of nitrogens with one attached hydrogen (secondary N) is 1. The largest absolute Gasteiger partial charge is 0.493 e. The Morgan fingerprint density at radius 3 is 2.83 bits per heavy atom. The van der Waals surface area contributed by atoms with E-state index < -0.39 is 0 Å². The van der Waals surface area contributed by atoms with Gasteiger partial charge >= 0.3 is 0 Å². The molecule has 1 unspecified atom stereocenters. The second-order valence-electron chi connectivity index (χ2n) is 5.90. The van der Waals surface area contributed by atoms with E-state index in [1.165, 1.54) is 5.56 Å². The molecule has 0 aromatic carbocycles. The number of hydrogen-bond donors (Lipinski definition) is 1. The highest BCUT2D eigenvalue weighted by molar-refractivity contribution is 5.42. The van der Waals surface area contributed by atoms with Gasteiger partial charge in [0.05, 0.1) is 39.2 Å². The van der Waals surface area contributed by atoms with Crippen LogP contribution in [0, 0.1) is 13.8 Å². The molecule has 0 spiro atoms. The van der Waals surface area contributed by atoms with Crippen LogP contribution in [0.4, 0.5) is 0 Å². The number of hydrogen-bond acceptors (Lipinski definition) is 6. The van der Waals surface area contributed by atoms with Crippen molar-refractivity contribution in [3.05, 3.63) is 34.9 Å². The van der Waals surface area contributed by atoms with Gasteiger partial charge in [-0.05, 0) is 13.8 Å². The number of aromatic amines is 1. The summed E-state index contributed by atoms with van der Waals surface area (Å²) in [6.07, 6.45) is 1.75. The lowest BCUT2D eigenvalue weighted by Crippen LogP contribution is -2.39. The van der Waals surface area contributed by atoms with Crippen molar-refractivity contribution in [2.75, 3.05) is 34.0 Å². The van der Waals surface area contributed by atoms with Crippen molar-refractivity contribution in [3.8, 4) is 11.5 Å². The van der Waals surface area contributed by atoms with Crippen LogP contribution in [0.25, 0.3) is 0 Å². The quantitative estimate of drug-likeness (QED) is 0.903. The second kappa shape index (κ2) is 7.19. The van der Waals surface area contributed by atoms with Gasteiger partial charge in [0, 0.05) is 36.6 Å². The lowest BCUT2D eigenvalue weighted by atomic mass is 10.0. The Balaban J connectivity index is 1.90. The minimum atomic E-state index is 0.148. The van der Waals surface area contributed by atoms with Crippen LogP contribution >= 0.6 is 0 Å². The standard InChI is InChI=1S/C17H24N4O3/c1-11-16(12(2)20-19-11)14-10-24-8-7-21(14)9-13-17(23-4)15(22-3)5-6-18-13/h5-6,14H,7-10H2,1-4H3,(H,19,20). The molecular weight excluding hydrogens is 308 g/mol. The molecule has 0 aliphatic carbocycles. The smallest absolute Gasteiger partial charge is 0.183 e. The van der Waals surface area contributed by atoms with Gasteiger partial charge in [-0.1, -0.05) is 0 Å². The van der Waals surface area contributed by atoms with Gasteiger partial charge in [0.2, 0.25) is 0 Å². The number of morpholine rings is 1. The van der Waals surface area contributed by atoms with Crippen LogP contribution < -0.4 is 9.47 Å². The number of aromatic nitrogens is 3. The number of pyridine rings is 1. The van der Waals surface area contributed by atoms with E-state index >= 15 is 0 Å². The van der Waals surface area contributed by atoms with Crippen LogP contribution in [-0.4, -0.2) is 54.1 Å². The maximum absolute atomic E-state index is 5.73. The minimum Gasteiger partial charge on any atom is -0.493 e. The van der Waals surface area contributed by atoms with E-state index in [2.05, 4.69) is 20.1 Å². The van der Waals surface area contributed by atoms with Gasteiger partial charge in [0.25, 0.3) is 0 Å². The molecule has 1 aliphatic heterocycles. The topological polar surface area (TPSA) is 72.5 Å². The molecule has 1 fully saturated rings. The maximum atomic E-state index is 5.73. The van der Waals surface area contributed by atoms with Crippen LogP contribution in [0.3, 0.4) is 0 Å².